The fourth-order valence-corrected chi connectivity index (χ4v) is 5.98. The summed E-state index contributed by atoms with van der Waals surface area (Å²) in [5.41, 5.74) is 0. The van der Waals surface area contributed by atoms with Crippen LogP contribution in [0.2, 0.25) is 0 Å². The summed E-state index contributed by atoms with van der Waals surface area (Å²) >= 11 is 0. The molecule has 0 aromatic carbocycles. The molecule has 1 saturated carbocycles. The number of fused-ring (bicyclic) bond motifs is 3. The number of rotatable bonds is 3. The number of hydrogen-bond donors (Lipinski definition) is 1. The van der Waals surface area contributed by atoms with Gasteiger partial charge < -0.3 is 5.32 Å². The molecule has 7 unspecified atom stereocenters. The summed E-state index contributed by atoms with van der Waals surface area (Å²) in [4.78, 5) is 7.64. The van der Waals surface area contributed by atoms with E-state index in [1.165, 1.54) is 64.6 Å². The van der Waals surface area contributed by atoms with Crippen molar-refractivity contribution in [1.29, 1.82) is 0 Å². The molecule has 2 saturated heterocycles. The van der Waals surface area contributed by atoms with Crippen LogP contribution in [0.3, 0.4) is 0 Å². The fourth-order valence-electron chi connectivity index (χ4n) is 5.98. The molecule has 3 fully saturated rings. The van der Waals surface area contributed by atoms with E-state index < -0.39 is 0 Å². The van der Waals surface area contributed by atoms with Gasteiger partial charge in [-0.1, -0.05) is 6.92 Å². The SMILES string of the molecule is CC1CCC2C(C1)C1CNCCC1N2CCC1C=NC(C)CC1. The summed E-state index contributed by atoms with van der Waals surface area (Å²) in [7, 11) is 0. The highest BCUT2D eigenvalue weighted by atomic mass is 15.2. The largest absolute Gasteiger partial charge is 0.316 e. The Kier molecular flexibility index (Phi) is 4.78. The predicted molar refractivity (Wildman–Crippen MR) is 97.1 cm³/mol. The molecule has 0 aromatic rings. The van der Waals surface area contributed by atoms with Gasteiger partial charge in [-0.05, 0) is 95.2 Å². The Bertz CT molecular complexity index is 435. The minimum atomic E-state index is 0.566. The molecule has 0 radical (unpaired) electrons. The van der Waals surface area contributed by atoms with Crippen molar-refractivity contribution in [3.05, 3.63) is 0 Å². The molecule has 1 aliphatic carbocycles. The van der Waals surface area contributed by atoms with Crippen molar-refractivity contribution in [3.8, 4) is 0 Å². The van der Waals surface area contributed by atoms with E-state index in [0.29, 0.717) is 6.04 Å². The molecule has 3 heterocycles. The molecular formula is C20H35N3. The molecule has 23 heavy (non-hydrogen) atoms. The second-order valence-electron chi connectivity index (χ2n) is 8.88. The summed E-state index contributed by atoms with van der Waals surface area (Å²) in [6.07, 6.45) is 12.0. The van der Waals surface area contributed by atoms with Crippen molar-refractivity contribution >= 4 is 6.21 Å². The van der Waals surface area contributed by atoms with Crippen LogP contribution in [0.15, 0.2) is 4.99 Å². The van der Waals surface area contributed by atoms with E-state index in [1.807, 2.05) is 0 Å². The number of hydrogen-bond acceptors (Lipinski definition) is 3. The quantitative estimate of drug-likeness (QED) is 0.864. The van der Waals surface area contributed by atoms with Crippen molar-refractivity contribution < 1.29 is 0 Å². The van der Waals surface area contributed by atoms with E-state index in [-0.39, 0.29) is 0 Å². The zero-order chi connectivity index (χ0) is 15.8. The molecule has 4 aliphatic rings. The summed E-state index contributed by atoms with van der Waals surface area (Å²) in [6, 6.07) is 2.33. The Morgan fingerprint density at radius 3 is 2.74 bits per heavy atom. The first-order valence-electron chi connectivity index (χ1n) is 10.2. The average Bonchev–Trinajstić information content (AvgIpc) is 2.88. The Balaban J connectivity index is 1.42. The second-order valence-corrected chi connectivity index (χ2v) is 8.88. The van der Waals surface area contributed by atoms with Gasteiger partial charge in [0.25, 0.3) is 0 Å². The van der Waals surface area contributed by atoms with Crippen LogP contribution in [-0.2, 0) is 0 Å². The number of aliphatic imine (C=N–C) groups is 1. The van der Waals surface area contributed by atoms with E-state index in [9.17, 15) is 0 Å². The summed E-state index contributed by atoms with van der Waals surface area (Å²) in [5, 5.41) is 3.69. The number of nitrogens with one attached hydrogen (secondary N) is 1. The predicted octanol–water partition coefficient (Wildman–Crippen LogP) is 3.34. The lowest BCUT2D eigenvalue weighted by molar-refractivity contribution is 0.125. The third-order valence-electron chi connectivity index (χ3n) is 7.28. The van der Waals surface area contributed by atoms with Crippen LogP contribution < -0.4 is 5.32 Å². The highest BCUT2D eigenvalue weighted by molar-refractivity contribution is 5.61. The Hall–Kier alpha value is -0.410. The first kappa shape index (κ1) is 16.1. The van der Waals surface area contributed by atoms with E-state index >= 15 is 0 Å². The van der Waals surface area contributed by atoms with Gasteiger partial charge in [0.05, 0.1) is 0 Å². The van der Waals surface area contributed by atoms with Gasteiger partial charge in [0.1, 0.15) is 0 Å². The average molecular weight is 318 g/mol. The zero-order valence-corrected chi connectivity index (χ0v) is 15.1. The topological polar surface area (TPSA) is 27.6 Å². The molecule has 0 spiro atoms. The maximum absolute atomic E-state index is 4.68. The van der Waals surface area contributed by atoms with Gasteiger partial charge in [0, 0.05) is 24.3 Å². The molecule has 0 amide bonds. The molecule has 7 atom stereocenters. The third-order valence-corrected chi connectivity index (χ3v) is 7.28. The van der Waals surface area contributed by atoms with Crippen molar-refractivity contribution in [2.24, 2.45) is 28.7 Å². The van der Waals surface area contributed by atoms with Crippen LogP contribution in [0.1, 0.15) is 58.8 Å². The van der Waals surface area contributed by atoms with Gasteiger partial charge in [0.15, 0.2) is 0 Å². The molecule has 0 bridgehead atoms. The lowest BCUT2D eigenvalue weighted by atomic mass is 9.73. The Morgan fingerprint density at radius 1 is 1.04 bits per heavy atom. The maximum atomic E-state index is 4.68. The molecule has 1 N–H and O–H groups in total. The van der Waals surface area contributed by atoms with Gasteiger partial charge in [-0.15, -0.1) is 0 Å². The molecule has 3 aliphatic heterocycles. The number of piperidine rings is 1. The highest BCUT2D eigenvalue weighted by Crippen LogP contribution is 2.47. The van der Waals surface area contributed by atoms with Crippen molar-refractivity contribution in [3.63, 3.8) is 0 Å². The second kappa shape index (κ2) is 6.84. The third kappa shape index (κ3) is 3.24. The van der Waals surface area contributed by atoms with Crippen LogP contribution in [0, 0.1) is 23.7 Å². The van der Waals surface area contributed by atoms with E-state index in [1.54, 1.807) is 0 Å². The van der Waals surface area contributed by atoms with Gasteiger partial charge in [0.2, 0.25) is 0 Å². The van der Waals surface area contributed by atoms with E-state index in [2.05, 4.69) is 35.3 Å². The van der Waals surface area contributed by atoms with Crippen molar-refractivity contribution in [2.75, 3.05) is 19.6 Å². The minimum absolute atomic E-state index is 0.566. The van der Waals surface area contributed by atoms with E-state index in [0.717, 1.165) is 35.8 Å². The smallest absolute Gasteiger partial charge is 0.0467 e. The van der Waals surface area contributed by atoms with Gasteiger partial charge >= 0.3 is 0 Å². The first-order chi connectivity index (χ1) is 11.2. The van der Waals surface area contributed by atoms with Crippen LogP contribution >= 0.6 is 0 Å². The Labute approximate surface area is 142 Å². The normalized spacial score (nSPS) is 47.3. The van der Waals surface area contributed by atoms with Crippen LogP contribution in [0.4, 0.5) is 0 Å². The standard InChI is InChI=1S/C20H35N3/c1-14-3-6-19-17(11-14)18-13-21-9-7-20(18)23(19)10-8-16-5-4-15(2)22-12-16/h12,14-21H,3-11,13H2,1-2H3. The zero-order valence-electron chi connectivity index (χ0n) is 15.1. The first-order valence-corrected chi connectivity index (χ1v) is 10.2. The van der Waals surface area contributed by atoms with E-state index in [4.69, 9.17) is 0 Å². The molecule has 4 rings (SSSR count). The van der Waals surface area contributed by atoms with Gasteiger partial charge in [-0.25, -0.2) is 0 Å². The van der Waals surface area contributed by atoms with Crippen LogP contribution in [0.5, 0.6) is 0 Å². The minimum Gasteiger partial charge on any atom is -0.316 e. The van der Waals surface area contributed by atoms with Crippen LogP contribution in [-0.4, -0.2) is 48.9 Å². The monoisotopic (exact) mass is 317 g/mol. The van der Waals surface area contributed by atoms with Crippen molar-refractivity contribution in [1.82, 2.24) is 10.2 Å². The summed E-state index contributed by atoms with van der Waals surface area (Å²) in [5.74, 6) is 3.59. The van der Waals surface area contributed by atoms with Crippen LogP contribution in [0.25, 0.3) is 0 Å². The van der Waals surface area contributed by atoms with Gasteiger partial charge in [-0.3, -0.25) is 9.89 Å². The number of likely N-dealkylation sites (tertiary alicyclic amines) is 1. The maximum Gasteiger partial charge on any atom is 0.0467 e. The molecular weight excluding hydrogens is 282 g/mol. The summed E-state index contributed by atoms with van der Waals surface area (Å²) in [6.45, 7) is 8.55. The fraction of sp³-hybridized carbons (Fsp3) is 0.950. The molecule has 130 valence electrons. The highest BCUT2D eigenvalue weighted by Gasteiger charge is 2.50. The Morgan fingerprint density at radius 2 is 1.91 bits per heavy atom. The summed E-state index contributed by atoms with van der Waals surface area (Å²) < 4.78 is 0. The molecule has 3 nitrogen and oxygen atoms in total. The molecule has 0 aromatic heterocycles. The van der Waals surface area contributed by atoms with Crippen molar-refractivity contribution in [2.45, 2.75) is 76.9 Å². The lowest BCUT2D eigenvalue weighted by Gasteiger charge is -2.36. The van der Waals surface area contributed by atoms with Gasteiger partial charge in [-0.2, -0.15) is 0 Å². The molecule has 3 heteroatoms. The number of nitrogens with zero attached hydrogens (tertiary/aromatic N) is 2. The lowest BCUT2D eigenvalue weighted by Crippen LogP contribution is -2.45.